The fourth-order valence-electron chi connectivity index (χ4n) is 2.78. The van der Waals surface area contributed by atoms with Crippen LogP contribution in [0.1, 0.15) is 4.88 Å². The molecule has 0 saturated heterocycles. The Morgan fingerprint density at radius 1 is 1.25 bits per heavy atom. The SMILES string of the molecule is Cc1ccc(-c2csc3ncn(CC(=O)Nc4ccc(F)cc4F)c(=O)c23)s1. The lowest BCUT2D eigenvalue weighted by Gasteiger charge is -2.08. The number of nitrogens with zero attached hydrogens (tertiary/aromatic N) is 2. The molecular weight excluding hydrogens is 404 g/mol. The molecule has 28 heavy (non-hydrogen) atoms. The highest BCUT2D eigenvalue weighted by Crippen LogP contribution is 2.34. The first-order valence-electron chi connectivity index (χ1n) is 8.21. The molecule has 1 N–H and O–H groups in total. The van der Waals surface area contributed by atoms with Gasteiger partial charge in [-0.15, -0.1) is 22.7 Å². The van der Waals surface area contributed by atoms with E-state index in [1.807, 2.05) is 24.4 Å². The van der Waals surface area contributed by atoms with Crippen molar-refractivity contribution in [1.29, 1.82) is 0 Å². The first kappa shape index (κ1) is 18.5. The molecule has 4 aromatic rings. The van der Waals surface area contributed by atoms with Gasteiger partial charge in [-0.3, -0.25) is 14.2 Å². The number of anilines is 1. The molecule has 0 aliphatic carbocycles. The fourth-order valence-corrected chi connectivity index (χ4v) is 4.64. The van der Waals surface area contributed by atoms with Crippen LogP contribution < -0.4 is 10.9 Å². The van der Waals surface area contributed by atoms with Gasteiger partial charge in [0, 0.05) is 26.8 Å². The van der Waals surface area contributed by atoms with Gasteiger partial charge in [-0.25, -0.2) is 13.8 Å². The number of hydrogen-bond donors (Lipinski definition) is 1. The van der Waals surface area contributed by atoms with E-state index in [1.165, 1.54) is 22.2 Å². The average molecular weight is 417 g/mol. The van der Waals surface area contributed by atoms with Crippen LogP contribution in [0.2, 0.25) is 0 Å². The summed E-state index contributed by atoms with van der Waals surface area (Å²) in [6, 6.07) is 6.77. The summed E-state index contributed by atoms with van der Waals surface area (Å²) < 4.78 is 27.9. The zero-order chi connectivity index (χ0) is 19.8. The molecule has 4 rings (SSSR count). The van der Waals surface area contributed by atoms with Crippen molar-refractivity contribution in [2.75, 3.05) is 5.32 Å². The van der Waals surface area contributed by atoms with Crippen molar-refractivity contribution >= 4 is 44.5 Å². The third kappa shape index (κ3) is 3.46. The fraction of sp³-hybridized carbons (Fsp3) is 0.105. The summed E-state index contributed by atoms with van der Waals surface area (Å²) in [5.41, 5.74) is 0.288. The van der Waals surface area contributed by atoms with E-state index in [4.69, 9.17) is 0 Å². The van der Waals surface area contributed by atoms with Crippen molar-refractivity contribution in [2.24, 2.45) is 0 Å². The maximum absolute atomic E-state index is 13.7. The van der Waals surface area contributed by atoms with Crippen LogP contribution in [0.5, 0.6) is 0 Å². The van der Waals surface area contributed by atoms with Crippen LogP contribution in [-0.2, 0) is 11.3 Å². The van der Waals surface area contributed by atoms with E-state index in [0.29, 0.717) is 16.3 Å². The molecule has 0 bridgehead atoms. The molecule has 3 aromatic heterocycles. The molecular formula is C19H13F2N3O2S2. The van der Waals surface area contributed by atoms with Gasteiger partial charge in [0.25, 0.3) is 5.56 Å². The number of hydrogen-bond acceptors (Lipinski definition) is 5. The number of halogens is 2. The van der Waals surface area contributed by atoms with E-state index in [9.17, 15) is 18.4 Å². The number of aryl methyl sites for hydroxylation is 1. The van der Waals surface area contributed by atoms with Gasteiger partial charge in [-0.05, 0) is 31.2 Å². The second-order valence-electron chi connectivity index (χ2n) is 6.09. The Morgan fingerprint density at radius 3 is 2.79 bits per heavy atom. The third-order valence-corrected chi connectivity index (χ3v) is 6.01. The summed E-state index contributed by atoms with van der Waals surface area (Å²) in [4.78, 5) is 32.1. The van der Waals surface area contributed by atoms with Crippen molar-refractivity contribution in [2.45, 2.75) is 13.5 Å². The number of benzene rings is 1. The molecule has 0 radical (unpaired) electrons. The standard InChI is InChI=1S/C19H13F2N3O2S2/c1-10-2-5-15(28-10)12-8-27-18-17(12)19(26)24(9-22-18)7-16(25)23-14-4-3-11(20)6-13(14)21/h2-6,8-9H,7H2,1H3,(H,23,25). The van der Waals surface area contributed by atoms with E-state index in [2.05, 4.69) is 10.3 Å². The van der Waals surface area contributed by atoms with E-state index in [-0.39, 0.29) is 17.8 Å². The molecule has 0 atom stereocenters. The highest BCUT2D eigenvalue weighted by molar-refractivity contribution is 7.19. The number of nitrogens with one attached hydrogen (secondary N) is 1. The zero-order valence-electron chi connectivity index (χ0n) is 14.5. The second kappa shape index (κ2) is 7.25. The monoisotopic (exact) mass is 417 g/mol. The minimum Gasteiger partial charge on any atom is -0.322 e. The summed E-state index contributed by atoms with van der Waals surface area (Å²) in [7, 11) is 0. The van der Waals surface area contributed by atoms with E-state index in [1.54, 1.807) is 11.3 Å². The Morgan fingerprint density at radius 2 is 2.07 bits per heavy atom. The van der Waals surface area contributed by atoms with Crippen LogP contribution in [0.15, 0.2) is 46.8 Å². The second-order valence-corrected chi connectivity index (χ2v) is 8.24. The average Bonchev–Trinajstić information content (AvgIpc) is 3.26. The first-order chi connectivity index (χ1) is 13.4. The van der Waals surface area contributed by atoms with Crippen LogP contribution in [0.4, 0.5) is 14.5 Å². The largest absolute Gasteiger partial charge is 0.322 e. The summed E-state index contributed by atoms with van der Waals surface area (Å²) in [5.74, 6) is -2.24. The molecule has 3 heterocycles. The molecule has 1 aromatic carbocycles. The van der Waals surface area contributed by atoms with Crippen molar-refractivity contribution in [3.05, 3.63) is 68.9 Å². The molecule has 0 aliphatic heterocycles. The van der Waals surface area contributed by atoms with Gasteiger partial charge in [-0.1, -0.05) is 0 Å². The third-order valence-electron chi connectivity index (χ3n) is 4.09. The minimum absolute atomic E-state index is 0.154. The van der Waals surface area contributed by atoms with Gasteiger partial charge in [0.1, 0.15) is 23.0 Å². The van der Waals surface area contributed by atoms with Crippen molar-refractivity contribution in [3.8, 4) is 10.4 Å². The number of thiophene rings is 2. The van der Waals surface area contributed by atoms with Crippen molar-refractivity contribution in [1.82, 2.24) is 9.55 Å². The van der Waals surface area contributed by atoms with Crippen LogP contribution >= 0.6 is 22.7 Å². The Bertz CT molecular complexity index is 1260. The summed E-state index contributed by atoms with van der Waals surface area (Å²) in [6.07, 6.45) is 1.30. The molecule has 9 heteroatoms. The van der Waals surface area contributed by atoms with E-state index in [0.717, 1.165) is 27.5 Å². The Hall–Kier alpha value is -2.91. The predicted octanol–water partition coefficient (Wildman–Crippen LogP) is 4.41. The predicted molar refractivity (Wildman–Crippen MR) is 107 cm³/mol. The van der Waals surface area contributed by atoms with Crippen LogP contribution in [0.25, 0.3) is 20.7 Å². The molecule has 1 amide bonds. The van der Waals surface area contributed by atoms with E-state index >= 15 is 0 Å². The Labute approximate surface area is 165 Å². The maximum Gasteiger partial charge on any atom is 0.263 e. The van der Waals surface area contributed by atoms with Crippen molar-refractivity contribution < 1.29 is 13.6 Å². The maximum atomic E-state index is 13.7. The molecule has 0 fully saturated rings. The van der Waals surface area contributed by atoms with Gasteiger partial charge in [0.05, 0.1) is 17.4 Å². The van der Waals surface area contributed by atoms with Crippen LogP contribution in [-0.4, -0.2) is 15.5 Å². The highest BCUT2D eigenvalue weighted by atomic mass is 32.1. The minimum atomic E-state index is -0.887. The molecule has 0 saturated carbocycles. The smallest absolute Gasteiger partial charge is 0.263 e. The zero-order valence-corrected chi connectivity index (χ0v) is 16.2. The summed E-state index contributed by atoms with van der Waals surface area (Å²) in [5, 5.41) is 4.67. The van der Waals surface area contributed by atoms with Gasteiger partial charge in [-0.2, -0.15) is 0 Å². The normalized spacial score (nSPS) is 11.1. The van der Waals surface area contributed by atoms with Gasteiger partial charge >= 0.3 is 0 Å². The van der Waals surface area contributed by atoms with Gasteiger partial charge in [0.15, 0.2) is 0 Å². The summed E-state index contributed by atoms with van der Waals surface area (Å²) >= 11 is 2.93. The number of aromatic nitrogens is 2. The summed E-state index contributed by atoms with van der Waals surface area (Å²) in [6.45, 7) is 1.65. The topological polar surface area (TPSA) is 64.0 Å². The van der Waals surface area contributed by atoms with Crippen LogP contribution in [0, 0.1) is 18.6 Å². The van der Waals surface area contributed by atoms with E-state index < -0.39 is 17.5 Å². The number of rotatable bonds is 4. The van der Waals surface area contributed by atoms with Gasteiger partial charge < -0.3 is 5.32 Å². The molecule has 0 unspecified atom stereocenters. The molecule has 0 aliphatic rings. The van der Waals surface area contributed by atoms with Crippen molar-refractivity contribution in [3.63, 3.8) is 0 Å². The number of amides is 1. The quantitative estimate of drug-likeness (QED) is 0.535. The van der Waals surface area contributed by atoms with Gasteiger partial charge in [0.2, 0.25) is 5.91 Å². The highest BCUT2D eigenvalue weighted by Gasteiger charge is 2.16. The number of fused-ring (bicyclic) bond motifs is 1. The Kier molecular flexibility index (Phi) is 4.78. The molecule has 0 spiro atoms. The lowest BCUT2D eigenvalue weighted by atomic mass is 10.2. The lowest BCUT2D eigenvalue weighted by molar-refractivity contribution is -0.116. The first-order valence-corrected chi connectivity index (χ1v) is 9.90. The number of carbonyl (C=O) groups excluding carboxylic acids is 1. The lowest BCUT2D eigenvalue weighted by Crippen LogP contribution is -2.28. The number of carbonyl (C=O) groups is 1. The molecule has 5 nitrogen and oxygen atoms in total. The Balaban J connectivity index is 1.65. The van der Waals surface area contributed by atoms with Crippen LogP contribution in [0.3, 0.4) is 0 Å². The molecule has 142 valence electrons.